The number of rotatable bonds is 5. The van der Waals surface area contributed by atoms with E-state index >= 15 is 0 Å². The Morgan fingerprint density at radius 2 is 1.88 bits per heavy atom. The smallest absolute Gasteiger partial charge is 0.260 e. The van der Waals surface area contributed by atoms with Gasteiger partial charge in [0.2, 0.25) is 6.79 Å². The van der Waals surface area contributed by atoms with Gasteiger partial charge in [0.1, 0.15) is 11.5 Å². The molecular weight excluding hydrogens is 334 g/mol. The summed E-state index contributed by atoms with van der Waals surface area (Å²) in [6.45, 7) is 1.76. The Labute approximate surface area is 152 Å². The number of likely N-dealkylation sites (tertiary alicyclic amines) is 1. The van der Waals surface area contributed by atoms with Gasteiger partial charge in [0.05, 0.1) is 7.11 Å². The molecule has 0 saturated carbocycles. The average molecular weight is 355 g/mol. The van der Waals surface area contributed by atoms with Crippen LogP contribution in [0, 0.1) is 0 Å². The molecule has 0 radical (unpaired) electrons. The molecule has 1 unspecified atom stereocenters. The highest BCUT2D eigenvalue weighted by Crippen LogP contribution is 2.37. The number of carbonyl (C=O) groups excluding carboxylic acids is 1. The lowest BCUT2D eigenvalue weighted by Gasteiger charge is -2.17. The summed E-state index contributed by atoms with van der Waals surface area (Å²) in [7, 11) is 1.61. The van der Waals surface area contributed by atoms with Gasteiger partial charge < -0.3 is 23.8 Å². The van der Waals surface area contributed by atoms with Gasteiger partial charge in [0, 0.05) is 19.0 Å². The number of methoxy groups -OCH3 is 1. The molecule has 26 heavy (non-hydrogen) atoms. The molecule has 1 atom stereocenters. The van der Waals surface area contributed by atoms with E-state index in [1.807, 2.05) is 29.2 Å². The van der Waals surface area contributed by atoms with E-state index in [4.69, 9.17) is 18.9 Å². The number of benzene rings is 2. The fourth-order valence-corrected chi connectivity index (χ4v) is 3.33. The van der Waals surface area contributed by atoms with Crippen molar-refractivity contribution in [2.75, 3.05) is 33.6 Å². The number of amides is 1. The second-order valence-electron chi connectivity index (χ2n) is 6.40. The molecule has 2 heterocycles. The zero-order valence-corrected chi connectivity index (χ0v) is 14.6. The van der Waals surface area contributed by atoms with E-state index in [2.05, 4.69) is 6.07 Å². The monoisotopic (exact) mass is 355 g/mol. The van der Waals surface area contributed by atoms with Crippen molar-refractivity contribution in [3.05, 3.63) is 48.0 Å². The quantitative estimate of drug-likeness (QED) is 0.825. The van der Waals surface area contributed by atoms with E-state index < -0.39 is 0 Å². The maximum atomic E-state index is 12.4. The SMILES string of the molecule is COc1ccc(OCC(=O)N2CCC(c3ccc4c(c3)OCO4)C2)cc1. The van der Waals surface area contributed by atoms with Gasteiger partial charge >= 0.3 is 0 Å². The largest absolute Gasteiger partial charge is 0.497 e. The lowest BCUT2D eigenvalue weighted by atomic mass is 9.98. The molecule has 1 fully saturated rings. The van der Waals surface area contributed by atoms with Crippen LogP contribution in [-0.2, 0) is 4.79 Å². The van der Waals surface area contributed by atoms with Gasteiger partial charge in [0.25, 0.3) is 5.91 Å². The molecule has 2 aromatic carbocycles. The lowest BCUT2D eigenvalue weighted by molar-refractivity contribution is -0.132. The zero-order valence-electron chi connectivity index (χ0n) is 14.6. The Morgan fingerprint density at radius 3 is 2.69 bits per heavy atom. The number of hydrogen-bond acceptors (Lipinski definition) is 5. The predicted molar refractivity (Wildman–Crippen MR) is 95.0 cm³/mol. The molecule has 136 valence electrons. The molecule has 6 heteroatoms. The van der Waals surface area contributed by atoms with E-state index in [0.29, 0.717) is 18.2 Å². The van der Waals surface area contributed by atoms with Crippen LogP contribution in [0.2, 0.25) is 0 Å². The summed E-state index contributed by atoms with van der Waals surface area (Å²) in [4.78, 5) is 14.3. The van der Waals surface area contributed by atoms with Crippen LogP contribution in [0.3, 0.4) is 0 Å². The fraction of sp³-hybridized carbons (Fsp3) is 0.350. The number of hydrogen-bond donors (Lipinski definition) is 0. The molecular formula is C20H21NO5. The molecule has 2 aliphatic rings. The number of nitrogens with zero attached hydrogens (tertiary/aromatic N) is 1. The van der Waals surface area contributed by atoms with Gasteiger partial charge in [-0.2, -0.15) is 0 Å². The van der Waals surface area contributed by atoms with Crippen LogP contribution in [0.1, 0.15) is 17.9 Å². The summed E-state index contributed by atoms with van der Waals surface area (Å²) in [5, 5.41) is 0. The highest BCUT2D eigenvalue weighted by molar-refractivity contribution is 5.78. The Bertz CT molecular complexity index is 789. The standard InChI is InChI=1S/C20H21NO5/c1-23-16-3-5-17(6-4-16)24-12-20(22)21-9-8-15(11-21)14-2-7-18-19(10-14)26-13-25-18/h2-7,10,15H,8-9,11-13H2,1H3. The Hall–Kier alpha value is -2.89. The summed E-state index contributed by atoms with van der Waals surface area (Å²) in [5.74, 6) is 3.31. The first-order valence-corrected chi connectivity index (χ1v) is 8.67. The molecule has 6 nitrogen and oxygen atoms in total. The molecule has 2 aromatic rings. The van der Waals surface area contributed by atoms with Gasteiger partial charge in [0.15, 0.2) is 18.1 Å². The second-order valence-corrected chi connectivity index (χ2v) is 6.40. The van der Waals surface area contributed by atoms with Gasteiger partial charge in [-0.1, -0.05) is 6.07 Å². The second kappa shape index (κ2) is 7.15. The highest BCUT2D eigenvalue weighted by atomic mass is 16.7. The van der Waals surface area contributed by atoms with Crippen molar-refractivity contribution in [2.45, 2.75) is 12.3 Å². The third-order valence-corrected chi connectivity index (χ3v) is 4.83. The molecule has 0 aliphatic carbocycles. The van der Waals surface area contributed by atoms with Crippen molar-refractivity contribution in [3.63, 3.8) is 0 Å². The lowest BCUT2D eigenvalue weighted by Crippen LogP contribution is -2.32. The third-order valence-electron chi connectivity index (χ3n) is 4.83. The van der Waals surface area contributed by atoms with Crippen LogP contribution in [0.5, 0.6) is 23.0 Å². The predicted octanol–water partition coefficient (Wildman–Crippen LogP) is 2.82. The van der Waals surface area contributed by atoms with Crippen LogP contribution < -0.4 is 18.9 Å². The van der Waals surface area contributed by atoms with Crippen LogP contribution in [0.25, 0.3) is 0 Å². The Balaban J connectivity index is 1.32. The van der Waals surface area contributed by atoms with E-state index in [-0.39, 0.29) is 19.3 Å². The van der Waals surface area contributed by atoms with Crippen molar-refractivity contribution in [3.8, 4) is 23.0 Å². The molecule has 1 amide bonds. The first-order chi connectivity index (χ1) is 12.7. The van der Waals surface area contributed by atoms with Gasteiger partial charge in [-0.05, 0) is 48.4 Å². The summed E-state index contributed by atoms with van der Waals surface area (Å²) in [6, 6.07) is 13.2. The highest BCUT2D eigenvalue weighted by Gasteiger charge is 2.28. The molecule has 2 aliphatic heterocycles. The van der Waals surface area contributed by atoms with Gasteiger partial charge in [-0.15, -0.1) is 0 Å². The number of ether oxygens (including phenoxy) is 4. The summed E-state index contributed by atoms with van der Waals surface area (Å²) < 4.78 is 21.5. The molecule has 0 spiro atoms. The van der Waals surface area contributed by atoms with E-state index in [0.717, 1.165) is 30.2 Å². The van der Waals surface area contributed by atoms with Gasteiger partial charge in [-0.25, -0.2) is 0 Å². The van der Waals surface area contributed by atoms with E-state index in [9.17, 15) is 4.79 Å². The number of fused-ring (bicyclic) bond motifs is 1. The van der Waals surface area contributed by atoms with E-state index in [1.165, 1.54) is 5.56 Å². The summed E-state index contributed by atoms with van der Waals surface area (Å²) >= 11 is 0. The Morgan fingerprint density at radius 1 is 1.12 bits per heavy atom. The zero-order chi connectivity index (χ0) is 17.9. The van der Waals surface area contributed by atoms with Crippen molar-refractivity contribution < 1.29 is 23.7 Å². The average Bonchev–Trinajstić information content (AvgIpc) is 3.35. The van der Waals surface area contributed by atoms with E-state index in [1.54, 1.807) is 19.2 Å². The first-order valence-electron chi connectivity index (χ1n) is 8.67. The third kappa shape index (κ3) is 3.40. The van der Waals surface area contributed by atoms with Crippen LogP contribution in [0.4, 0.5) is 0 Å². The molecule has 0 bridgehead atoms. The molecule has 4 rings (SSSR count). The minimum atomic E-state index is 0.00376. The molecule has 0 aromatic heterocycles. The van der Waals surface area contributed by atoms with Gasteiger partial charge in [-0.3, -0.25) is 4.79 Å². The molecule has 0 N–H and O–H groups in total. The topological polar surface area (TPSA) is 57.2 Å². The summed E-state index contributed by atoms with van der Waals surface area (Å²) in [5.41, 5.74) is 1.18. The normalized spacial score (nSPS) is 18.0. The number of carbonyl (C=O) groups is 1. The summed E-state index contributed by atoms with van der Waals surface area (Å²) in [6.07, 6.45) is 0.938. The van der Waals surface area contributed by atoms with Crippen molar-refractivity contribution >= 4 is 5.91 Å². The van der Waals surface area contributed by atoms with Crippen molar-refractivity contribution in [2.24, 2.45) is 0 Å². The van der Waals surface area contributed by atoms with Crippen LogP contribution in [0.15, 0.2) is 42.5 Å². The first kappa shape index (κ1) is 16.6. The van der Waals surface area contributed by atoms with Crippen LogP contribution >= 0.6 is 0 Å². The minimum Gasteiger partial charge on any atom is -0.497 e. The maximum Gasteiger partial charge on any atom is 0.260 e. The minimum absolute atomic E-state index is 0.00376. The molecule has 1 saturated heterocycles. The van der Waals surface area contributed by atoms with Crippen molar-refractivity contribution in [1.82, 2.24) is 4.90 Å². The fourth-order valence-electron chi connectivity index (χ4n) is 3.33. The van der Waals surface area contributed by atoms with Crippen LogP contribution in [-0.4, -0.2) is 44.4 Å². The maximum absolute atomic E-state index is 12.4. The van der Waals surface area contributed by atoms with Crippen molar-refractivity contribution in [1.29, 1.82) is 0 Å². The Kier molecular flexibility index (Phi) is 4.56.